The Morgan fingerprint density at radius 1 is 0.314 bits per heavy atom. The van der Waals surface area contributed by atoms with E-state index in [0.29, 0.717) is 0 Å². The van der Waals surface area contributed by atoms with Gasteiger partial charge in [-0.2, -0.15) is 0 Å². The maximum atomic E-state index is 6.21. The molecule has 0 saturated carbocycles. The molecule has 2 nitrogen and oxygen atoms in total. The molecule has 4 aromatic rings. The minimum atomic E-state index is 0.941. The van der Waals surface area contributed by atoms with Crippen molar-refractivity contribution in [2.75, 3.05) is 11.5 Å². The Balaban J connectivity index is 0.946. The SMILES string of the molecule is CCCCc1cc(Cc2ccc(CCCCCCCCCCCCCCCc3ccc(Cc4ccc(N)c(CCCC)c4)cc3)cc2)ccc1N. The fourth-order valence-electron chi connectivity index (χ4n) is 7.43. The topological polar surface area (TPSA) is 52.0 Å². The van der Waals surface area contributed by atoms with E-state index in [-0.39, 0.29) is 0 Å². The number of unbranched alkanes of at least 4 members (excludes halogenated alkanes) is 14. The summed E-state index contributed by atoms with van der Waals surface area (Å²) < 4.78 is 0. The maximum absolute atomic E-state index is 6.21. The van der Waals surface area contributed by atoms with Gasteiger partial charge in [-0.3, -0.25) is 0 Å². The van der Waals surface area contributed by atoms with E-state index in [1.807, 2.05) is 0 Å². The van der Waals surface area contributed by atoms with Gasteiger partial charge in [-0.05, 0) is 121 Å². The normalized spacial score (nSPS) is 11.3. The fourth-order valence-corrected chi connectivity index (χ4v) is 7.43. The number of benzene rings is 4. The molecule has 4 rings (SSSR count). The van der Waals surface area contributed by atoms with Crippen LogP contribution in [0.25, 0.3) is 0 Å². The number of nitrogens with two attached hydrogens (primary N) is 2. The zero-order chi connectivity index (χ0) is 35.9. The molecule has 0 aromatic heterocycles. The first-order valence-electron chi connectivity index (χ1n) is 20.9. The van der Waals surface area contributed by atoms with Gasteiger partial charge < -0.3 is 11.5 Å². The largest absolute Gasteiger partial charge is 0.399 e. The van der Waals surface area contributed by atoms with Gasteiger partial charge in [-0.25, -0.2) is 0 Å². The lowest BCUT2D eigenvalue weighted by Gasteiger charge is -2.09. The third-order valence-electron chi connectivity index (χ3n) is 10.8. The molecule has 0 aliphatic heterocycles. The maximum Gasteiger partial charge on any atom is 0.0346 e. The van der Waals surface area contributed by atoms with Crippen molar-refractivity contribution < 1.29 is 0 Å². The lowest BCUT2D eigenvalue weighted by molar-refractivity contribution is 0.536. The van der Waals surface area contributed by atoms with E-state index in [1.165, 1.54) is 167 Å². The van der Waals surface area contributed by atoms with Crippen LogP contribution >= 0.6 is 0 Å². The summed E-state index contributed by atoms with van der Waals surface area (Å²) in [4.78, 5) is 0. The van der Waals surface area contributed by atoms with Gasteiger partial charge in [0, 0.05) is 11.4 Å². The van der Waals surface area contributed by atoms with Gasteiger partial charge in [0.25, 0.3) is 0 Å². The quantitative estimate of drug-likeness (QED) is 0.0510. The molecule has 0 bridgehead atoms. The Bertz CT molecular complexity index is 1390. The molecule has 0 saturated heterocycles. The molecule has 0 fully saturated rings. The second-order valence-corrected chi connectivity index (χ2v) is 15.4. The minimum Gasteiger partial charge on any atom is -0.399 e. The summed E-state index contributed by atoms with van der Waals surface area (Å²) in [5.74, 6) is 0. The highest BCUT2D eigenvalue weighted by molar-refractivity contribution is 5.50. The van der Waals surface area contributed by atoms with Gasteiger partial charge in [0.2, 0.25) is 0 Å². The van der Waals surface area contributed by atoms with Crippen LogP contribution in [0.1, 0.15) is 168 Å². The molecule has 0 spiro atoms. The number of nitrogen functional groups attached to an aromatic ring is 2. The monoisotopic (exact) mass is 687 g/mol. The summed E-state index contributed by atoms with van der Waals surface area (Å²) in [5, 5.41) is 0. The zero-order valence-corrected chi connectivity index (χ0v) is 32.5. The van der Waals surface area contributed by atoms with Crippen LogP contribution in [-0.2, 0) is 38.5 Å². The molecule has 0 radical (unpaired) electrons. The number of rotatable bonds is 26. The Morgan fingerprint density at radius 2 is 0.608 bits per heavy atom. The first-order chi connectivity index (χ1) is 25.0. The average molecular weight is 687 g/mol. The molecule has 0 atom stereocenters. The van der Waals surface area contributed by atoms with Crippen LogP contribution in [0, 0.1) is 0 Å². The summed E-state index contributed by atoms with van der Waals surface area (Å²) in [6, 6.07) is 31.9. The third kappa shape index (κ3) is 15.7. The Hall–Kier alpha value is -3.52. The molecule has 2 heteroatoms. The molecule has 0 aliphatic carbocycles. The van der Waals surface area contributed by atoms with Crippen LogP contribution in [-0.4, -0.2) is 0 Å². The molecular weight excluding hydrogens is 617 g/mol. The van der Waals surface area contributed by atoms with Crippen LogP contribution in [0.15, 0.2) is 84.9 Å². The fraction of sp³-hybridized carbons (Fsp3) is 0.510. The summed E-state index contributed by atoms with van der Waals surface area (Å²) in [7, 11) is 0. The first-order valence-corrected chi connectivity index (χ1v) is 20.9. The smallest absolute Gasteiger partial charge is 0.0346 e. The Labute approximate surface area is 312 Å². The molecule has 0 heterocycles. The third-order valence-corrected chi connectivity index (χ3v) is 10.8. The van der Waals surface area contributed by atoms with Crippen LogP contribution in [0.5, 0.6) is 0 Å². The lowest BCUT2D eigenvalue weighted by Crippen LogP contribution is -1.97. The van der Waals surface area contributed by atoms with E-state index in [4.69, 9.17) is 11.5 Å². The highest BCUT2D eigenvalue weighted by Crippen LogP contribution is 2.22. The molecule has 0 aliphatic rings. The first kappa shape index (κ1) is 40.3. The summed E-state index contributed by atoms with van der Waals surface area (Å²) in [5.41, 5.74) is 25.4. The molecule has 4 aromatic carbocycles. The van der Waals surface area contributed by atoms with Gasteiger partial charge in [0.15, 0.2) is 0 Å². The van der Waals surface area contributed by atoms with Crippen molar-refractivity contribution in [1.82, 2.24) is 0 Å². The predicted octanol–water partition coefficient (Wildman–Crippen LogP) is 13.6. The summed E-state index contributed by atoms with van der Waals surface area (Å²) >= 11 is 0. The summed E-state index contributed by atoms with van der Waals surface area (Å²) in [6.45, 7) is 4.48. The predicted molar refractivity (Wildman–Crippen MR) is 225 cm³/mol. The standard InChI is InChI=1S/C49H70N2/c1-3-5-22-46-38-44(32-34-48(46)50)36-42-28-24-40(25-29-42)20-18-16-14-12-10-8-7-9-11-13-15-17-19-21-41-26-30-43(31-27-41)37-45-33-35-49(51)47(39-45)23-6-4-2/h24-35,38-39H,3-23,36-37,50-51H2,1-2H3. The lowest BCUT2D eigenvalue weighted by atomic mass is 9.97. The van der Waals surface area contributed by atoms with Crippen molar-refractivity contribution in [2.45, 2.75) is 162 Å². The van der Waals surface area contributed by atoms with Crippen molar-refractivity contribution in [1.29, 1.82) is 0 Å². The van der Waals surface area contributed by atoms with Crippen LogP contribution in [0.4, 0.5) is 11.4 Å². The van der Waals surface area contributed by atoms with Gasteiger partial charge in [-0.15, -0.1) is 0 Å². The minimum absolute atomic E-state index is 0.941. The van der Waals surface area contributed by atoms with E-state index in [9.17, 15) is 0 Å². The van der Waals surface area contributed by atoms with Crippen molar-refractivity contribution in [3.8, 4) is 0 Å². The van der Waals surface area contributed by atoms with Crippen LogP contribution < -0.4 is 11.5 Å². The van der Waals surface area contributed by atoms with Gasteiger partial charge in [-0.1, -0.05) is 170 Å². The van der Waals surface area contributed by atoms with E-state index >= 15 is 0 Å². The van der Waals surface area contributed by atoms with Gasteiger partial charge in [0.1, 0.15) is 0 Å². The highest BCUT2D eigenvalue weighted by Gasteiger charge is 2.05. The van der Waals surface area contributed by atoms with E-state index in [0.717, 1.165) is 37.1 Å². The zero-order valence-electron chi connectivity index (χ0n) is 32.5. The molecule has 0 amide bonds. The van der Waals surface area contributed by atoms with Crippen molar-refractivity contribution in [2.24, 2.45) is 0 Å². The molecule has 4 N–H and O–H groups in total. The summed E-state index contributed by atoms with van der Waals surface area (Å²) in [6.07, 6.45) is 29.4. The van der Waals surface area contributed by atoms with Crippen molar-refractivity contribution in [3.63, 3.8) is 0 Å². The Kier molecular flexibility index (Phi) is 18.8. The van der Waals surface area contributed by atoms with Crippen LogP contribution in [0.2, 0.25) is 0 Å². The average Bonchev–Trinajstić information content (AvgIpc) is 3.15. The Morgan fingerprint density at radius 3 is 0.941 bits per heavy atom. The van der Waals surface area contributed by atoms with Gasteiger partial charge in [0.05, 0.1) is 0 Å². The van der Waals surface area contributed by atoms with Gasteiger partial charge >= 0.3 is 0 Å². The van der Waals surface area contributed by atoms with E-state index < -0.39 is 0 Å². The van der Waals surface area contributed by atoms with Crippen LogP contribution in [0.3, 0.4) is 0 Å². The number of anilines is 2. The number of aryl methyl sites for hydroxylation is 4. The molecule has 51 heavy (non-hydrogen) atoms. The highest BCUT2D eigenvalue weighted by atomic mass is 14.6. The molecular formula is C49H70N2. The van der Waals surface area contributed by atoms with E-state index in [1.54, 1.807) is 0 Å². The molecule has 276 valence electrons. The number of hydrogen-bond acceptors (Lipinski definition) is 2. The van der Waals surface area contributed by atoms with Crippen molar-refractivity contribution in [3.05, 3.63) is 129 Å². The van der Waals surface area contributed by atoms with E-state index in [2.05, 4.69) is 98.8 Å². The molecule has 0 unspecified atom stereocenters. The second-order valence-electron chi connectivity index (χ2n) is 15.4. The second kappa shape index (κ2) is 23.9. The van der Waals surface area contributed by atoms with Crippen molar-refractivity contribution >= 4 is 11.4 Å². The number of hydrogen-bond donors (Lipinski definition) is 2.